The van der Waals surface area contributed by atoms with E-state index in [0.29, 0.717) is 19.5 Å². The van der Waals surface area contributed by atoms with Gasteiger partial charge in [-0.1, -0.05) is 6.42 Å². The Kier molecular flexibility index (Phi) is 4.91. The Morgan fingerprint density at radius 2 is 2.00 bits per heavy atom. The molecule has 0 aromatic carbocycles. The lowest BCUT2D eigenvalue weighted by Crippen LogP contribution is -2.43. The van der Waals surface area contributed by atoms with Gasteiger partial charge in [-0.05, 0) is 24.8 Å². The molecule has 1 aliphatic carbocycles. The Bertz CT molecular complexity index is 357. The van der Waals surface area contributed by atoms with Crippen LogP contribution in [0.25, 0.3) is 0 Å². The molecule has 17 heavy (non-hydrogen) atoms. The molecule has 0 spiro atoms. The van der Waals surface area contributed by atoms with Crippen molar-refractivity contribution in [2.45, 2.75) is 25.7 Å². The maximum absolute atomic E-state index is 11.6. The molecule has 1 fully saturated rings. The van der Waals surface area contributed by atoms with Crippen LogP contribution in [0, 0.1) is 5.41 Å². The summed E-state index contributed by atoms with van der Waals surface area (Å²) in [4.78, 5) is 11.6. The first-order chi connectivity index (χ1) is 7.87. The highest BCUT2D eigenvalue weighted by molar-refractivity contribution is 7.88. The number of carbonyl (C=O) groups excluding carboxylic acids is 1. The predicted octanol–water partition coefficient (Wildman–Crippen LogP) is -0.829. The van der Waals surface area contributed by atoms with E-state index in [1.807, 2.05) is 0 Å². The second-order valence-electron chi connectivity index (χ2n) is 4.75. The highest BCUT2D eigenvalue weighted by Crippen LogP contribution is 2.42. The van der Waals surface area contributed by atoms with E-state index < -0.39 is 10.0 Å². The summed E-state index contributed by atoms with van der Waals surface area (Å²) in [6, 6.07) is 0. The molecule has 1 rings (SSSR count). The monoisotopic (exact) mass is 263 g/mol. The molecule has 0 heterocycles. The van der Waals surface area contributed by atoms with Crippen LogP contribution >= 0.6 is 0 Å². The zero-order chi connectivity index (χ0) is 12.9. The summed E-state index contributed by atoms with van der Waals surface area (Å²) < 4.78 is 23.8. The van der Waals surface area contributed by atoms with Gasteiger partial charge in [0.1, 0.15) is 0 Å². The number of carbonyl (C=O) groups is 1. The minimum Gasteiger partial charge on any atom is -0.355 e. The van der Waals surface area contributed by atoms with Gasteiger partial charge in [0.25, 0.3) is 0 Å². The first-order valence-electron chi connectivity index (χ1n) is 5.78. The highest BCUT2D eigenvalue weighted by atomic mass is 32.2. The Labute approximate surface area is 102 Å². The van der Waals surface area contributed by atoms with E-state index in [1.54, 1.807) is 0 Å². The zero-order valence-electron chi connectivity index (χ0n) is 10.2. The van der Waals surface area contributed by atoms with Crippen LogP contribution in [-0.2, 0) is 14.8 Å². The molecule has 100 valence electrons. The quantitative estimate of drug-likeness (QED) is 0.522. The lowest BCUT2D eigenvalue weighted by Gasteiger charge is -2.40. The number of sulfonamides is 1. The molecule has 4 N–H and O–H groups in total. The van der Waals surface area contributed by atoms with Crippen LogP contribution in [0.2, 0.25) is 0 Å². The topological polar surface area (TPSA) is 101 Å². The molecule has 1 saturated carbocycles. The van der Waals surface area contributed by atoms with Gasteiger partial charge in [-0.15, -0.1) is 0 Å². The van der Waals surface area contributed by atoms with Gasteiger partial charge >= 0.3 is 0 Å². The van der Waals surface area contributed by atoms with Crippen LogP contribution < -0.4 is 15.8 Å². The Hall–Kier alpha value is -0.660. The standard InChI is InChI=1S/C10H21N3O3S/c1-17(15,16)13-6-5-12-9(14)7-10(8-11)3-2-4-10/h13H,2-8,11H2,1H3,(H,12,14). The van der Waals surface area contributed by atoms with Gasteiger partial charge in [0.15, 0.2) is 0 Å². The molecule has 0 atom stereocenters. The molecule has 0 aromatic rings. The second kappa shape index (κ2) is 5.79. The summed E-state index contributed by atoms with van der Waals surface area (Å²) >= 11 is 0. The smallest absolute Gasteiger partial charge is 0.220 e. The van der Waals surface area contributed by atoms with Gasteiger partial charge in [-0.2, -0.15) is 0 Å². The fraction of sp³-hybridized carbons (Fsp3) is 0.900. The van der Waals surface area contributed by atoms with Gasteiger partial charge in [0, 0.05) is 19.5 Å². The van der Waals surface area contributed by atoms with Crippen LogP contribution in [0.3, 0.4) is 0 Å². The van der Waals surface area contributed by atoms with Crippen molar-refractivity contribution in [3.8, 4) is 0 Å². The maximum Gasteiger partial charge on any atom is 0.220 e. The lowest BCUT2D eigenvalue weighted by atomic mass is 9.66. The van der Waals surface area contributed by atoms with Crippen molar-refractivity contribution in [3.63, 3.8) is 0 Å². The van der Waals surface area contributed by atoms with Crippen molar-refractivity contribution < 1.29 is 13.2 Å². The van der Waals surface area contributed by atoms with E-state index >= 15 is 0 Å². The molecule has 7 heteroatoms. The van der Waals surface area contributed by atoms with Gasteiger partial charge in [-0.25, -0.2) is 13.1 Å². The van der Waals surface area contributed by atoms with Crippen molar-refractivity contribution in [3.05, 3.63) is 0 Å². The summed E-state index contributed by atoms with van der Waals surface area (Å²) in [6.07, 6.45) is 4.70. The normalized spacial score (nSPS) is 18.5. The summed E-state index contributed by atoms with van der Waals surface area (Å²) in [6.45, 7) is 1.08. The van der Waals surface area contributed by atoms with Crippen LogP contribution in [0.5, 0.6) is 0 Å². The number of hydrogen-bond acceptors (Lipinski definition) is 4. The van der Waals surface area contributed by atoms with E-state index in [-0.39, 0.29) is 17.9 Å². The molecule has 1 amide bonds. The van der Waals surface area contributed by atoms with Gasteiger partial charge < -0.3 is 11.1 Å². The fourth-order valence-electron chi connectivity index (χ4n) is 1.97. The first-order valence-corrected chi connectivity index (χ1v) is 7.67. The summed E-state index contributed by atoms with van der Waals surface area (Å²) in [5.74, 6) is -0.0505. The average Bonchev–Trinajstić information content (AvgIpc) is 2.17. The number of hydrogen-bond donors (Lipinski definition) is 3. The third-order valence-electron chi connectivity index (χ3n) is 3.19. The molecule has 0 aliphatic heterocycles. The number of nitrogens with one attached hydrogen (secondary N) is 2. The van der Waals surface area contributed by atoms with E-state index in [0.717, 1.165) is 25.5 Å². The number of rotatable bonds is 7. The minimum absolute atomic E-state index is 0.00561. The van der Waals surface area contributed by atoms with E-state index in [4.69, 9.17) is 5.73 Å². The molecule has 6 nitrogen and oxygen atoms in total. The zero-order valence-corrected chi connectivity index (χ0v) is 11.0. The molecule has 0 aromatic heterocycles. The molecule has 0 saturated heterocycles. The van der Waals surface area contributed by atoms with Gasteiger partial charge in [-0.3, -0.25) is 4.79 Å². The number of nitrogens with two attached hydrogens (primary N) is 1. The van der Waals surface area contributed by atoms with Crippen molar-refractivity contribution in [1.29, 1.82) is 0 Å². The molecule has 0 unspecified atom stereocenters. The fourth-order valence-corrected chi connectivity index (χ4v) is 2.44. The van der Waals surface area contributed by atoms with Crippen LogP contribution in [-0.4, -0.2) is 40.2 Å². The predicted molar refractivity (Wildman–Crippen MR) is 65.8 cm³/mol. The van der Waals surface area contributed by atoms with Crippen LogP contribution in [0.4, 0.5) is 0 Å². The molecule has 1 aliphatic rings. The average molecular weight is 263 g/mol. The van der Waals surface area contributed by atoms with Crippen LogP contribution in [0.1, 0.15) is 25.7 Å². The molecular weight excluding hydrogens is 242 g/mol. The summed E-state index contributed by atoms with van der Waals surface area (Å²) in [5, 5.41) is 2.69. The largest absolute Gasteiger partial charge is 0.355 e. The van der Waals surface area contributed by atoms with Crippen molar-refractivity contribution in [2.75, 3.05) is 25.9 Å². The maximum atomic E-state index is 11.6. The third kappa shape index (κ3) is 5.01. The van der Waals surface area contributed by atoms with Gasteiger partial charge in [0.2, 0.25) is 15.9 Å². The molecule has 0 bridgehead atoms. The molecule has 0 radical (unpaired) electrons. The van der Waals surface area contributed by atoms with Gasteiger partial charge in [0.05, 0.1) is 6.26 Å². The Morgan fingerprint density at radius 3 is 2.41 bits per heavy atom. The highest BCUT2D eigenvalue weighted by Gasteiger charge is 2.37. The molecular formula is C10H21N3O3S. The van der Waals surface area contributed by atoms with E-state index in [1.165, 1.54) is 0 Å². The Balaban J connectivity index is 2.17. The number of amides is 1. The first kappa shape index (κ1) is 14.4. The minimum atomic E-state index is -3.18. The third-order valence-corrected chi connectivity index (χ3v) is 3.92. The van der Waals surface area contributed by atoms with E-state index in [9.17, 15) is 13.2 Å². The summed E-state index contributed by atoms with van der Waals surface area (Å²) in [5.41, 5.74) is 5.65. The van der Waals surface area contributed by atoms with Crippen molar-refractivity contribution in [2.24, 2.45) is 11.1 Å². The van der Waals surface area contributed by atoms with Crippen molar-refractivity contribution in [1.82, 2.24) is 10.0 Å². The SMILES string of the molecule is CS(=O)(=O)NCCNC(=O)CC1(CN)CCC1. The van der Waals surface area contributed by atoms with Crippen molar-refractivity contribution >= 4 is 15.9 Å². The lowest BCUT2D eigenvalue weighted by molar-refractivity contribution is -0.124. The second-order valence-corrected chi connectivity index (χ2v) is 6.58. The van der Waals surface area contributed by atoms with Crippen LogP contribution in [0.15, 0.2) is 0 Å². The summed E-state index contributed by atoms with van der Waals surface area (Å²) in [7, 11) is -3.18. The van der Waals surface area contributed by atoms with E-state index in [2.05, 4.69) is 10.0 Å². The Morgan fingerprint density at radius 1 is 1.35 bits per heavy atom.